The number of rotatable bonds is 3. The Morgan fingerprint density at radius 2 is 1.53 bits per heavy atom. The van der Waals surface area contributed by atoms with E-state index in [1.165, 1.54) is 0 Å². The molecule has 0 unspecified atom stereocenters. The summed E-state index contributed by atoms with van der Waals surface area (Å²) in [6.45, 7) is 0. The van der Waals surface area contributed by atoms with Crippen molar-refractivity contribution >= 4 is 11.4 Å². The zero-order valence-electron chi connectivity index (χ0n) is 9.65. The monoisotopic (exact) mass is 246 g/mol. The van der Waals surface area contributed by atoms with Crippen LogP contribution in [0.4, 0.5) is 5.69 Å². The average molecular weight is 246 g/mol. The van der Waals surface area contributed by atoms with E-state index in [2.05, 4.69) is 5.10 Å². The van der Waals surface area contributed by atoms with E-state index in [9.17, 15) is 0 Å². The molecular formula is C13H6N6. The van der Waals surface area contributed by atoms with Crippen molar-refractivity contribution in [1.29, 1.82) is 21.0 Å². The third-order valence-corrected chi connectivity index (χ3v) is 1.93. The molecule has 0 heterocycles. The Balaban J connectivity index is 3.31. The Morgan fingerprint density at radius 1 is 0.947 bits per heavy atom. The first-order chi connectivity index (χ1) is 9.24. The smallest absolute Gasteiger partial charge is 0.237 e. The van der Waals surface area contributed by atoms with Gasteiger partial charge in [0.15, 0.2) is 0 Å². The van der Waals surface area contributed by atoms with Gasteiger partial charge in [0.05, 0.1) is 11.9 Å². The fourth-order valence-electron chi connectivity index (χ4n) is 1.12. The minimum Gasteiger partial charge on any atom is -0.237 e. The molecule has 0 aliphatic carbocycles. The topological polar surface area (TPSA) is 111 Å². The quantitative estimate of drug-likeness (QED) is 0.458. The Hall–Kier alpha value is -3.61. The van der Waals surface area contributed by atoms with Crippen LogP contribution in [0.5, 0.6) is 0 Å². The van der Waals surface area contributed by atoms with Crippen LogP contribution in [-0.2, 0) is 0 Å². The minimum absolute atomic E-state index is 0.192. The molecule has 0 atom stereocenters. The van der Waals surface area contributed by atoms with Crippen LogP contribution in [-0.4, -0.2) is 5.71 Å². The third kappa shape index (κ3) is 3.71. The van der Waals surface area contributed by atoms with Gasteiger partial charge in [-0.2, -0.15) is 21.0 Å². The Bertz CT molecular complexity index is 599. The summed E-state index contributed by atoms with van der Waals surface area (Å²) in [5.41, 5.74) is -0.0494. The van der Waals surface area contributed by atoms with Crippen LogP contribution in [0.1, 0.15) is 0 Å². The molecule has 1 rings (SSSR count). The van der Waals surface area contributed by atoms with Crippen LogP contribution < -0.4 is 5.01 Å². The van der Waals surface area contributed by atoms with E-state index in [4.69, 9.17) is 21.0 Å². The Labute approximate surface area is 109 Å². The van der Waals surface area contributed by atoms with Crippen molar-refractivity contribution in [3.8, 4) is 24.3 Å². The normalized spacial score (nSPS) is 7.79. The van der Waals surface area contributed by atoms with Gasteiger partial charge in [-0.15, -0.1) is 5.10 Å². The van der Waals surface area contributed by atoms with Gasteiger partial charge in [0.2, 0.25) is 5.71 Å². The molecule has 0 radical (unpaired) electrons. The Kier molecular flexibility index (Phi) is 4.86. The second-order valence-electron chi connectivity index (χ2n) is 3.12. The van der Waals surface area contributed by atoms with Gasteiger partial charge in [0.25, 0.3) is 0 Å². The molecule has 0 aliphatic heterocycles. The summed E-state index contributed by atoms with van der Waals surface area (Å²) < 4.78 is 0. The third-order valence-electron chi connectivity index (χ3n) is 1.93. The molecule has 6 nitrogen and oxygen atoms in total. The SMILES string of the molecule is N#CC(C#N)=CN(N=C(C#N)C#N)c1ccccc1. The molecule has 6 heteroatoms. The first kappa shape index (κ1) is 13.5. The van der Waals surface area contributed by atoms with Crippen LogP contribution >= 0.6 is 0 Å². The van der Waals surface area contributed by atoms with Crippen LogP contribution in [0.15, 0.2) is 47.2 Å². The predicted octanol–water partition coefficient (Wildman–Crippen LogP) is 1.83. The second kappa shape index (κ2) is 6.86. The van der Waals surface area contributed by atoms with Crippen molar-refractivity contribution in [3.05, 3.63) is 42.1 Å². The molecule has 0 aromatic heterocycles. The summed E-state index contributed by atoms with van der Waals surface area (Å²) in [5, 5.41) is 39.7. The standard InChI is InChI=1S/C13H6N6/c14-6-11(7-15)10-19(18-12(8-16)9-17)13-4-2-1-3-5-13/h1-5,10H. The minimum atomic E-state index is -0.379. The number of para-hydroxylation sites is 1. The van der Waals surface area contributed by atoms with Crippen molar-refractivity contribution in [3.63, 3.8) is 0 Å². The summed E-state index contributed by atoms with van der Waals surface area (Å²) in [6, 6.07) is 15.2. The molecule has 88 valence electrons. The molecule has 1 aromatic carbocycles. The summed E-state index contributed by atoms with van der Waals surface area (Å²) in [6.07, 6.45) is 1.16. The Morgan fingerprint density at radius 3 is 2.00 bits per heavy atom. The van der Waals surface area contributed by atoms with Crippen molar-refractivity contribution in [1.82, 2.24) is 0 Å². The maximum atomic E-state index is 8.72. The lowest BCUT2D eigenvalue weighted by atomic mass is 10.3. The van der Waals surface area contributed by atoms with Gasteiger partial charge in [0, 0.05) is 0 Å². The molecule has 0 spiro atoms. The number of allylic oxidation sites excluding steroid dienone is 1. The van der Waals surface area contributed by atoms with E-state index in [0.29, 0.717) is 5.69 Å². The molecule has 0 amide bonds. The van der Waals surface area contributed by atoms with Crippen molar-refractivity contribution < 1.29 is 0 Å². The van der Waals surface area contributed by atoms with Crippen LogP contribution in [0.25, 0.3) is 0 Å². The van der Waals surface area contributed by atoms with Crippen LogP contribution in [0.3, 0.4) is 0 Å². The number of hydrogen-bond donors (Lipinski definition) is 0. The first-order valence-corrected chi connectivity index (χ1v) is 5.00. The average Bonchev–Trinajstić information content (AvgIpc) is 2.48. The highest BCUT2D eigenvalue weighted by atomic mass is 15.4. The molecule has 0 aliphatic rings. The molecule has 0 saturated carbocycles. The molecule has 0 fully saturated rings. The van der Waals surface area contributed by atoms with E-state index in [1.54, 1.807) is 54.6 Å². The van der Waals surface area contributed by atoms with Gasteiger partial charge in [0.1, 0.15) is 29.8 Å². The highest BCUT2D eigenvalue weighted by Crippen LogP contribution is 2.15. The summed E-state index contributed by atoms with van der Waals surface area (Å²) >= 11 is 0. The van der Waals surface area contributed by atoms with E-state index < -0.39 is 0 Å². The summed E-state index contributed by atoms with van der Waals surface area (Å²) in [5.74, 6) is 0. The number of benzene rings is 1. The zero-order chi connectivity index (χ0) is 14.1. The summed E-state index contributed by atoms with van der Waals surface area (Å²) in [7, 11) is 0. The van der Waals surface area contributed by atoms with Gasteiger partial charge < -0.3 is 0 Å². The maximum Gasteiger partial charge on any atom is 0.237 e. The van der Waals surface area contributed by atoms with Crippen LogP contribution in [0.2, 0.25) is 0 Å². The van der Waals surface area contributed by atoms with Crippen LogP contribution in [0, 0.1) is 45.3 Å². The van der Waals surface area contributed by atoms with Gasteiger partial charge in [-0.05, 0) is 12.1 Å². The van der Waals surface area contributed by atoms with Crippen molar-refractivity contribution in [2.24, 2.45) is 5.10 Å². The van der Waals surface area contributed by atoms with Gasteiger partial charge in [-0.1, -0.05) is 18.2 Å². The first-order valence-electron chi connectivity index (χ1n) is 5.00. The highest BCUT2D eigenvalue weighted by molar-refractivity contribution is 6.10. The number of nitrogens with zero attached hydrogens (tertiary/aromatic N) is 6. The lowest BCUT2D eigenvalue weighted by Gasteiger charge is -2.13. The van der Waals surface area contributed by atoms with E-state index in [0.717, 1.165) is 11.2 Å². The van der Waals surface area contributed by atoms with Gasteiger partial charge in [-0.25, -0.2) is 5.01 Å². The largest absolute Gasteiger partial charge is 0.237 e. The lowest BCUT2D eigenvalue weighted by Crippen LogP contribution is -2.11. The molecule has 1 aromatic rings. The summed E-state index contributed by atoms with van der Waals surface area (Å²) in [4.78, 5) is 0. The number of hydrazone groups is 1. The highest BCUT2D eigenvalue weighted by Gasteiger charge is 2.06. The van der Waals surface area contributed by atoms with E-state index in [-0.39, 0.29) is 11.3 Å². The molecule has 0 saturated heterocycles. The van der Waals surface area contributed by atoms with E-state index >= 15 is 0 Å². The molecule has 19 heavy (non-hydrogen) atoms. The fourth-order valence-corrected chi connectivity index (χ4v) is 1.12. The lowest BCUT2D eigenvalue weighted by molar-refractivity contribution is 1.07. The molecule has 0 bridgehead atoms. The predicted molar refractivity (Wildman–Crippen MR) is 66.9 cm³/mol. The maximum absolute atomic E-state index is 8.72. The zero-order valence-corrected chi connectivity index (χ0v) is 9.65. The number of nitriles is 4. The second-order valence-corrected chi connectivity index (χ2v) is 3.12. The van der Waals surface area contributed by atoms with Gasteiger partial charge in [-0.3, -0.25) is 0 Å². The van der Waals surface area contributed by atoms with E-state index in [1.807, 2.05) is 0 Å². The van der Waals surface area contributed by atoms with Gasteiger partial charge >= 0.3 is 0 Å². The fraction of sp³-hybridized carbons (Fsp3) is 0. The number of hydrogen-bond acceptors (Lipinski definition) is 6. The molecule has 0 N–H and O–H groups in total. The molecular weight excluding hydrogens is 240 g/mol. The van der Waals surface area contributed by atoms with Crippen molar-refractivity contribution in [2.75, 3.05) is 5.01 Å². The number of anilines is 1. The van der Waals surface area contributed by atoms with Crippen molar-refractivity contribution in [2.45, 2.75) is 0 Å².